The first-order valence-corrected chi connectivity index (χ1v) is 4.76. The summed E-state index contributed by atoms with van der Waals surface area (Å²) >= 11 is 5.41. The molecule has 0 aromatic carbocycles. The predicted molar refractivity (Wildman–Crippen MR) is 51.8 cm³/mol. The Morgan fingerprint density at radius 1 is 1.56 bits per heavy atom. The van der Waals surface area contributed by atoms with Crippen molar-refractivity contribution < 1.29 is 23.8 Å². The van der Waals surface area contributed by atoms with E-state index < -0.39 is 30.1 Å². The van der Waals surface area contributed by atoms with E-state index in [0.29, 0.717) is 0 Å². The van der Waals surface area contributed by atoms with Gasteiger partial charge in [0.2, 0.25) is 0 Å². The second-order valence-corrected chi connectivity index (χ2v) is 3.25. The van der Waals surface area contributed by atoms with Gasteiger partial charge in [-0.3, -0.25) is 9.78 Å². The molecule has 1 rings (SSSR count). The Morgan fingerprint density at radius 2 is 2.19 bits per heavy atom. The lowest BCUT2D eigenvalue weighted by Crippen LogP contribution is -2.08. The number of carbonyl (C=O) groups is 1. The number of nitrogens with zero attached hydrogens (tertiary/aromatic N) is 1. The molecule has 0 aliphatic rings. The minimum Gasteiger partial charge on any atom is -0.506 e. The quantitative estimate of drug-likeness (QED) is 0.804. The smallest absolute Gasteiger partial charge is 0.307 e. The molecule has 16 heavy (non-hydrogen) atoms. The van der Waals surface area contributed by atoms with Crippen LogP contribution in [0.2, 0.25) is 0 Å². The van der Waals surface area contributed by atoms with Crippen molar-refractivity contribution in [2.75, 3.05) is 0 Å². The van der Waals surface area contributed by atoms with Crippen LogP contribution in [0.3, 0.4) is 0 Å². The summed E-state index contributed by atoms with van der Waals surface area (Å²) in [5.41, 5.74) is -1.06. The summed E-state index contributed by atoms with van der Waals surface area (Å²) in [6.07, 6.45) is -2.71. The monoisotopic (exact) mass is 251 g/mol. The van der Waals surface area contributed by atoms with E-state index >= 15 is 0 Å². The molecule has 0 saturated carbocycles. The third-order valence-corrected chi connectivity index (χ3v) is 2.21. The van der Waals surface area contributed by atoms with Gasteiger partial charge < -0.3 is 10.2 Å². The van der Waals surface area contributed by atoms with Gasteiger partial charge in [-0.15, -0.1) is 11.6 Å². The summed E-state index contributed by atoms with van der Waals surface area (Å²) in [7, 11) is 0. The van der Waals surface area contributed by atoms with E-state index in [1.807, 2.05) is 0 Å². The fourth-order valence-electron chi connectivity index (χ4n) is 1.30. The zero-order valence-electron chi connectivity index (χ0n) is 7.95. The predicted octanol–water partition coefficient (Wildman–Crippen LogP) is 2.09. The minimum atomic E-state index is -2.93. The number of rotatable bonds is 4. The second kappa shape index (κ2) is 5.07. The Balaban J connectivity index is 3.35. The number of alkyl halides is 3. The summed E-state index contributed by atoms with van der Waals surface area (Å²) in [5, 5.41) is 17.9. The lowest BCUT2D eigenvalue weighted by molar-refractivity contribution is -0.136. The zero-order valence-corrected chi connectivity index (χ0v) is 8.71. The molecular formula is C9H8ClF2NO3. The molecule has 1 heterocycles. The molecule has 0 bridgehead atoms. The van der Waals surface area contributed by atoms with E-state index in [4.69, 9.17) is 16.7 Å². The number of carboxylic acid groups (broad SMARTS) is 1. The molecule has 88 valence electrons. The standard InChI is InChI=1S/C9H8ClF2NO3/c10-2-5-8(9(11)12)4(1-7(15)16)6(14)3-13-5/h3,9,14H,1-2H2,(H,15,16). The average molecular weight is 252 g/mol. The fraction of sp³-hybridized carbons (Fsp3) is 0.333. The Kier molecular flexibility index (Phi) is 4.00. The summed E-state index contributed by atoms with van der Waals surface area (Å²) in [6, 6.07) is 0. The third kappa shape index (κ3) is 2.57. The summed E-state index contributed by atoms with van der Waals surface area (Å²) in [6.45, 7) is 0. The summed E-state index contributed by atoms with van der Waals surface area (Å²) in [4.78, 5) is 14.0. The highest BCUT2D eigenvalue weighted by Gasteiger charge is 2.23. The average Bonchev–Trinajstić information content (AvgIpc) is 2.19. The van der Waals surface area contributed by atoms with Crippen LogP contribution in [0.25, 0.3) is 0 Å². The van der Waals surface area contributed by atoms with Gasteiger partial charge in [-0.2, -0.15) is 0 Å². The number of carboxylic acids is 1. The molecule has 0 saturated heterocycles. The van der Waals surface area contributed by atoms with Crippen LogP contribution in [-0.2, 0) is 17.1 Å². The van der Waals surface area contributed by atoms with Gasteiger partial charge in [0.25, 0.3) is 6.43 Å². The Morgan fingerprint density at radius 3 is 2.62 bits per heavy atom. The topological polar surface area (TPSA) is 70.4 Å². The molecule has 0 fully saturated rings. The molecule has 0 radical (unpaired) electrons. The van der Waals surface area contributed by atoms with Crippen molar-refractivity contribution in [1.29, 1.82) is 0 Å². The van der Waals surface area contributed by atoms with Crippen molar-refractivity contribution in [1.82, 2.24) is 4.98 Å². The molecule has 1 aromatic rings. The van der Waals surface area contributed by atoms with Gasteiger partial charge >= 0.3 is 5.97 Å². The molecule has 0 amide bonds. The van der Waals surface area contributed by atoms with Crippen LogP contribution in [0.4, 0.5) is 8.78 Å². The Hall–Kier alpha value is -1.43. The van der Waals surface area contributed by atoms with Crippen molar-refractivity contribution in [2.24, 2.45) is 0 Å². The lowest BCUT2D eigenvalue weighted by atomic mass is 10.0. The van der Waals surface area contributed by atoms with Crippen molar-refractivity contribution in [3.8, 4) is 5.75 Å². The first-order chi connectivity index (χ1) is 7.47. The van der Waals surface area contributed by atoms with Gasteiger partial charge in [-0.05, 0) is 0 Å². The SMILES string of the molecule is O=C(O)Cc1c(O)cnc(CCl)c1C(F)F. The number of hydrogen-bond donors (Lipinski definition) is 2. The molecule has 0 spiro atoms. The van der Waals surface area contributed by atoms with Crippen LogP contribution in [-0.4, -0.2) is 21.2 Å². The zero-order chi connectivity index (χ0) is 12.3. The summed E-state index contributed by atoms with van der Waals surface area (Å²) < 4.78 is 25.4. The molecule has 0 aliphatic heterocycles. The highest BCUT2D eigenvalue weighted by molar-refractivity contribution is 6.17. The van der Waals surface area contributed by atoms with Gasteiger partial charge in [-0.1, -0.05) is 0 Å². The van der Waals surface area contributed by atoms with Crippen molar-refractivity contribution in [3.63, 3.8) is 0 Å². The number of hydrogen-bond acceptors (Lipinski definition) is 3. The maximum Gasteiger partial charge on any atom is 0.307 e. The lowest BCUT2D eigenvalue weighted by Gasteiger charge is -2.12. The van der Waals surface area contributed by atoms with E-state index in [9.17, 15) is 18.7 Å². The second-order valence-electron chi connectivity index (χ2n) is 2.99. The number of aliphatic carboxylic acids is 1. The molecule has 4 nitrogen and oxygen atoms in total. The molecular weight excluding hydrogens is 244 g/mol. The van der Waals surface area contributed by atoms with Crippen molar-refractivity contribution in [2.45, 2.75) is 18.7 Å². The van der Waals surface area contributed by atoms with Gasteiger partial charge in [0.1, 0.15) is 5.75 Å². The Bertz CT molecular complexity index is 412. The molecule has 2 N–H and O–H groups in total. The first-order valence-electron chi connectivity index (χ1n) is 4.22. The van der Waals surface area contributed by atoms with E-state index in [1.54, 1.807) is 0 Å². The number of halogens is 3. The van der Waals surface area contributed by atoms with E-state index in [0.717, 1.165) is 6.20 Å². The van der Waals surface area contributed by atoms with E-state index in [1.165, 1.54) is 0 Å². The van der Waals surface area contributed by atoms with Gasteiger partial charge in [0, 0.05) is 11.1 Å². The van der Waals surface area contributed by atoms with Crippen LogP contribution in [0.1, 0.15) is 23.2 Å². The van der Waals surface area contributed by atoms with Crippen LogP contribution in [0.15, 0.2) is 6.20 Å². The normalized spacial score (nSPS) is 10.8. The van der Waals surface area contributed by atoms with Gasteiger partial charge in [0.15, 0.2) is 0 Å². The molecule has 0 atom stereocenters. The molecule has 1 aromatic heterocycles. The highest BCUT2D eigenvalue weighted by Crippen LogP contribution is 2.32. The molecule has 7 heteroatoms. The first kappa shape index (κ1) is 12.6. The maximum absolute atomic E-state index is 12.7. The third-order valence-electron chi connectivity index (χ3n) is 1.96. The van der Waals surface area contributed by atoms with Crippen LogP contribution in [0, 0.1) is 0 Å². The largest absolute Gasteiger partial charge is 0.506 e. The van der Waals surface area contributed by atoms with Crippen LogP contribution >= 0.6 is 11.6 Å². The van der Waals surface area contributed by atoms with Gasteiger partial charge in [-0.25, -0.2) is 8.78 Å². The van der Waals surface area contributed by atoms with Gasteiger partial charge in [0.05, 0.1) is 24.2 Å². The number of aromatic hydroxyl groups is 1. The fourth-order valence-corrected chi connectivity index (χ4v) is 1.51. The van der Waals surface area contributed by atoms with Crippen LogP contribution in [0.5, 0.6) is 5.75 Å². The minimum absolute atomic E-state index is 0.120. The summed E-state index contributed by atoms with van der Waals surface area (Å²) in [5.74, 6) is -2.15. The Labute approximate surface area is 94.5 Å². The van der Waals surface area contributed by atoms with E-state index in [2.05, 4.69) is 4.98 Å². The number of pyridine rings is 1. The van der Waals surface area contributed by atoms with E-state index in [-0.39, 0.29) is 17.1 Å². The molecule has 0 aliphatic carbocycles. The van der Waals surface area contributed by atoms with Crippen molar-refractivity contribution in [3.05, 3.63) is 23.0 Å². The number of aromatic nitrogens is 1. The maximum atomic E-state index is 12.7. The highest BCUT2D eigenvalue weighted by atomic mass is 35.5. The van der Waals surface area contributed by atoms with Crippen LogP contribution < -0.4 is 0 Å². The van der Waals surface area contributed by atoms with Crippen molar-refractivity contribution >= 4 is 17.6 Å². The molecule has 0 unspecified atom stereocenters.